The van der Waals surface area contributed by atoms with Gasteiger partial charge in [-0.15, -0.1) is 4.91 Å². The topological polar surface area (TPSA) is 64.0 Å². The molecule has 0 aliphatic heterocycles. The average Bonchev–Trinajstić information content (AvgIpc) is 2.69. The zero-order valence-electron chi connectivity index (χ0n) is 13.7. The first-order chi connectivity index (χ1) is 12.3. The lowest BCUT2D eigenvalue weighted by atomic mass is 10.2. The number of aromatic nitrogens is 1. The van der Waals surface area contributed by atoms with Crippen molar-refractivity contribution in [2.75, 3.05) is 12.1 Å². The highest BCUT2D eigenvalue weighted by Gasteiger charge is 2.10. The number of ether oxygens (including phenoxy) is 2. The summed E-state index contributed by atoms with van der Waals surface area (Å²) in [6.45, 7) is 0.454. The van der Waals surface area contributed by atoms with E-state index in [0.717, 1.165) is 11.3 Å². The van der Waals surface area contributed by atoms with Crippen LogP contribution in [0, 0.1) is 4.91 Å². The molecule has 2 aromatic carbocycles. The van der Waals surface area contributed by atoms with E-state index in [1.165, 1.54) is 5.01 Å². The van der Waals surface area contributed by atoms with Crippen LogP contribution in [0.25, 0.3) is 0 Å². The summed E-state index contributed by atoms with van der Waals surface area (Å²) in [4.78, 5) is 15.2. The molecule has 6 heteroatoms. The summed E-state index contributed by atoms with van der Waals surface area (Å²) in [5.41, 5.74) is 2.34. The molecular weight excluding hydrogens is 318 g/mol. The molecule has 126 valence electrons. The molecule has 0 saturated heterocycles. The molecule has 0 amide bonds. The largest absolute Gasteiger partial charge is 0.497 e. The van der Waals surface area contributed by atoms with Gasteiger partial charge in [0.2, 0.25) is 0 Å². The maximum absolute atomic E-state index is 11.3. The van der Waals surface area contributed by atoms with E-state index in [4.69, 9.17) is 9.47 Å². The van der Waals surface area contributed by atoms with Crippen molar-refractivity contribution in [3.05, 3.63) is 83.5 Å². The van der Waals surface area contributed by atoms with E-state index in [-0.39, 0.29) is 0 Å². The number of rotatable bonds is 7. The maximum atomic E-state index is 11.3. The molecule has 0 bridgehead atoms. The van der Waals surface area contributed by atoms with Gasteiger partial charge in [-0.3, -0.25) is 4.98 Å². The number of methoxy groups -OCH3 is 1. The van der Waals surface area contributed by atoms with Crippen LogP contribution >= 0.6 is 0 Å². The van der Waals surface area contributed by atoms with Crippen molar-refractivity contribution < 1.29 is 9.47 Å². The minimum Gasteiger partial charge on any atom is -0.497 e. The van der Waals surface area contributed by atoms with Crippen molar-refractivity contribution in [2.24, 2.45) is 5.29 Å². The number of nitroso groups, excluding NO2 is 1. The van der Waals surface area contributed by atoms with Crippen LogP contribution in [0.5, 0.6) is 11.5 Å². The second kappa shape index (κ2) is 7.92. The third-order valence-corrected chi connectivity index (χ3v) is 3.63. The Morgan fingerprint density at radius 3 is 1.96 bits per heavy atom. The molecule has 0 radical (unpaired) electrons. The fraction of sp³-hybridized carbons (Fsp3) is 0.105. The molecule has 3 rings (SSSR count). The van der Waals surface area contributed by atoms with Gasteiger partial charge in [-0.2, -0.15) is 5.01 Å². The van der Waals surface area contributed by atoms with E-state index in [1.807, 2.05) is 12.1 Å². The summed E-state index contributed by atoms with van der Waals surface area (Å²) in [5, 5.41) is 4.41. The Morgan fingerprint density at radius 2 is 1.44 bits per heavy atom. The smallest absolute Gasteiger partial charge is 0.119 e. The predicted octanol–water partition coefficient (Wildman–Crippen LogP) is 4.49. The average molecular weight is 335 g/mol. The number of nitrogens with zero attached hydrogens (tertiary/aromatic N) is 3. The lowest BCUT2D eigenvalue weighted by molar-refractivity contribution is 0.306. The van der Waals surface area contributed by atoms with Crippen LogP contribution in [0.1, 0.15) is 5.56 Å². The lowest BCUT2D eigenvalue weighted by Gasteiger charge is -2.16. The Bertz CT molecular complexity index is 806. The zero-order valence-corrected chi connectivity index (χ0v) is 13.7. The predicted molar refractivity (Wildman–Crippen MR) is 95.9 cm³/mol. The summed E-state index contributed by atoms with van der Waals surface area (Å²) in [5.74, 6) is 1.43. The summed E-state index contributed by atoms with van der Waals surface area (Å²) < 4.78 is 10.8. The molecule has 6 nitrogen and oxygen atoms in total. The zero-order chi connectivity index (χ0) is 17.5. The molecule has 3 aromatic rings. The van der Waals surface area contributed by atoms with Gasteiger partial charge in [-0.1, -0.05) is 0 Å². The highest BCUT2D eigenvalue weighted by molar-refractivity contribution is 5.63. The SMILES string of the molecule is COc1ccc(N(N=O)c2ccc(OCc3ccncc3)cc2)cc1. The first kappa shape index (κ1) is 16.4. The number of pyridine rings is 1. The normalized spacial score (nSPS) is 10.1. The molecule has 0 fully saturated rings. The van der Waals surface area contributed by atoms with Gasteiger partial charge in [-0.05, 0) is 66.2 Å². The first-order valence-electron chi connectivity index (χ1n) is 7.69. The first-order valence-corrected chi connectivity index (χ1v) is 7.69. The van der Waals surface area contributed by atoms with Gasteiger partial charge >= 0.3 is 0 Å². The molecule has 25 heavy (non-hydrogen) atoms. The molecule has 0 aliphatic rings. The highest BCUT2D eigenvalue weighted by atomic mass is 16.5. The van der Waals surface area contributed by atoms with Crippen LogP contribution in [-0.4, -0.2) is 12.1 Å². The molecular formula is C19H17N3O3. The third kappa shape index (κ3) is 4.11. The molecule has 0 N–H and O–H groups in total. The minimum absolute atomic E-state index is 0.454. The Hall–Kier alpha value is -3.41. The van der Waals surface area contributed by atoms with Crippen molar-refractivity contribution >= 4 is 11.4 Å². The van der Waals surface area contributed by atoms with Gasteiger partial charge in [0.25, 0.3) is 0 Å². The second-order valence-corrected chi connectivity index (χ2v) is 5.23. The Balaban J connectivity index is 1.70. The number of hydrogen-bond donors (Lipinski definition) is 0. The quantitative estimate of drug-likeness (QED) is 0.470. The molecule has 0 unspecified atom stereocenters. The highest BCUT2D eigenvalue weighted by Crippen LogP contribution is 2.29. The molecule has 0 aliphatic carbocycles. The van der Waals surface area contributed by atoms with E-state index in [9.17, 15) is 4.91 Å². The van der Waals surface area contributed by atoms with E-state index in [2.05, 4.69) is 10.3 Å². The Kier molecular flexibility index (Phi) is 5.21. The van der Waals surface area contributed by atoms with Crippen LogP contribution in [0.15, 0.2) is 78.3 Å². The minimum atomic E-state index is 0.454. The standard InChI is InChI=1S/C19H17N3O3/c1-24-18-6-2-16(3-7-18)22(21-23)17-4-8-19(9-5-17)25-14-15-10-12-20-13-11-15/h2-13H,14H2,1H3. The number of anilines is 2. The van der Waals surface area contributed by atoms with Crippen molar-refractivity contribution in [1.82, 2.24) is 4.98 Å². The van der Waals surface area contributed by atoms with Crippen LogP contribution in [0.4, 0.5) is 11.4 Å². The fourth-order valence-corrected chi connectivity index (χ4v) is 2.30. The van der Waals surface area contributed by atoms with E-state index >= 15 is 0 Å². The van der Waals surface area contributed by atoms with Crippen molar-refractivity contribution in [3.63, 3.8) is 0 Å². The van der Waals surface area contributed by atoms with Crippen molar-refractivity contribution in [1.29, 1.82) is 0 Å². The van der Waals surface area contributed by atoms with Gasteiger partial charge in [-0.25, -0.2) is 0 Å². The summed E-state index contributed by atoms with van der Waals surface area (Å²) in [6.07, 6.45) is 3.45. The Morgan fingerprint density at radius 1 is 0.880 bits per heavy atom. The molecule has 0 atom stereocenters. The fourth-order valence-electron chi connectivity index (χ4n) is 2.30. The van der Waals surface area contributed by atoms with Gasteiger partial charge < -0.3 is 9.47 Å². The van der Waals surface area contributed by atoms with Gasteiger partial charge in [0.05, 0.1) is 23.8 Å². The van der Waals surface area contributed by atoms with Crippen LogP contribution in [-0.2, 0) is 6.61 Å². The number of benzene rings is 2. The van der Waals surface area contributed by atoms with Crippen molar-refractivity contribution in [2.45, 2.75) is 6.61 Å². The monoisotopic (exact) mass is 335 g/mol. The summed E-state index contributed by atoms with van der Waals surface area (Å²) in [6, 6.07) is 18.1. The van der Waals surface area contributed by atoms with E-state index in [1.54, 1.807) is 68.0 Å². The van der Waals surface area contributed by atoms with E-state index in [0.29, 0.717) is 23.7 Å². The molecule has 1 heterocycles. The molecule has 0 spiro atoms. The van der Waals surface area contributed by atoms with E-state index < -0.39 is 0 Å². The third-order valence-electron chi connectivity index (χ3n) is 3.63. The van der Waals surface area contributed by atoms with Crippen LogP contribution in [0.3, 0.4) is 0 Å². The van der Waals surface area contributed by atoms with Crippen LogP contribution < -0.4 is 14.5 Å². The maximum Gasteiger partial charge on any atom is 0.119 e. The van der Waals surface area contributed by atoms with Crippen molar-refractivity contribution in [3.8, 4) is 11.5 Å². The number of hydrogen-bond acceptors (Lipinski definition) is 5. The second-order valence-electron chi connectivity index (χ2n) is 5.23. The van der Waals surface area contributed by atoms with Gasteiger partial charge in [0.15, 0.2) is 0 Å². The lowest BCUT2D eigenvalue weighted by Crippen LogP contribution is -2.07. The molecule has 1 aromatic heterocycles. The summed E-state index contributed by atoms with van der Waals surface area (Å²) in [7, 11) is 1.59. The van der Waals surface area contributed by atoms with Gasteiger partial charge in [0.1, 0.15) is 18.1 Å². The Labute approximate surface area is 145 Å². The summed E-state index contributed by atoms with van der Waals surface area (Å²) >= 11 is 0. The van der Waals surface area contributed by atoms with Gasteiger partial charge in [0, 0.05) is 12.4 Å². The van der Waals surface area contributed by atoms with Crippen LogP contribution in [0.2, 0.25) is 0 Å². The molecule has 0 saturated carbocycles.